The van der Waals surface area contributed by atoms with Crippen molar-refractivity contribution in [2.75, 3.05) is 5.32 Å². The van der Waals surface area contributed by atoms with Crippen molar-refractivity contribution >= 4 is 11.6 Å². The summed E-state index contributed by atoms with van der Waals surface area (Å²) in [4.78, 5) is 24.4. The first-order chi connectivity index (χ1) is 13.0. The highest BCUT2D eigenvalue weighted by Gasteiger charge is 2.14. The van der Waals surface area contributed by atoms with Gasteiger partial charge in [-0.05, 0) is 48.2 Å². The molecule has 0 saturated heterocycles. The Morgan fingerprint density at radius 1 is 0.926 bits per heavy atom. The summed E-state index contributed by atoms with van der Waals surface area (Å²) in [6.45, 7) is 1.59. The molecule has 5 heteroatoms. The van der Waals surface area contributed by atoms with Crippen LogP contribution in [0.2, 0.25) is 0 Å². The molecule has 5 nitrogen and oxygen atoms in total. The lowest BCUT2D eigenvalue weighted by molar-refractivity contribution is 0.102. The summed E-state index contributed by atoms with van der Waals surface area (Å²) < 4.78 is 0. The van der Waals surface area contributed by atoms with Crippen LogP contribution in [0.25, 0.3) is 0 Å². The molecule has 0 aliphatic carbocycles. The van der Waals surface area contributed by atoms with Crippen LogP contribution in [-0.2, 0) is 6.42 Å². The monoisotopic (exact) mass is 361 g/mol. The molecule has 0 unspecified atom stereocenters. The SMILES string of the molecule is Cc1cc(O)c(=O)c(O)cc1C(=O)Nc1ccccc1Cc1ccccc1. The third-order valence-corrected chi connectivity index (χ3v) is 4.27. The summed E-state index contributed by atoms with van der Waals surface area (Å²) in [5, 5.41) is 22.3. The maximum absolute atomic E-state index is 12.7. The second-order valence-electron chi connectivity index (χ2n) is 6.26. The van der Waals surface area contributed by atoms with Gasteiger partial charge in [0, 0.05) is 11.3 Å². The molecule has 136 valence electrons. The van der Waals surface area contributed by atoms with Crippen LogP contribution in [0.3, 0.4) is 0 Å². The molecule has 0 saturated carbocycles. The van der Waals surface area contributed by atoms with Crippen molar-refractivity contribution in [3.63, 3.8) is 0 Å². The van der Waals surface area contributed by atoms with E-state index in [1.54, 1.807) is 13.0 Å². The van der Waals surface area contributed by atoms with E-state index in [9.17, 15) is 19.8 Å². The molecule has 3 rings (SSSR count). The van der Waals surface area contributed by atoms with Crippen LogP contribution in [0.15, 0.2) is 71.5 Å². The van der Waals surface area contributed by atoms with Crippen LogP contribution in [-0.4, -0.2) is 16.1 Å². The summed E-state index contributed by atoms with van der Waals surface area (Å²) in [5.41, 5.74) is 2.26. The second kappa shape index (κ2) is 7.74. The van der Waals surface area contributed by atoms with Gasteiger partial charge in [-0.2, -0.15) is 0 Å². The van der Waals surface area contributed by atoms with E-state index in [0.29, 0.717) is 17.7 Å². The predicted molar refractivity (Wildman–Crippen MR) is 104 cm³/mol. The van der Waals surface area contributed by atoms with E-state index in [1.807, 2.05) is 48.5 Å². The third kappa shape index (κ3) is 4.15. The number of benzene rings is 2. The molecule has 0 spiro atoms. The van der Waals surface area contributed by atoms with E-state index >= 15 is 0 Å². The van der Waals surface area contributed by atoms with Crippen LogP contribution in [0.5, 0.6) is 11.5 Å². The lowest BCUT2D eigenvalue weighted by atomic mass is 10.0. The van der Waals surface area contributed by atoms with Gasteiger partial charge in [0.05, 0.1) is 0 Å². The van der Waals surface area contributed by atoms with E-state index in [-0.39, 0.29) is 5.56 Å². The zero-order chi connectivity index (χ0) is 19.4. The minimum atomic E-state index is -0.915. The predicted octanol–water partition coefficient (Wildman–Crippen LogP) is 3.61. The van der Waals surface area contributed by atoms with Crippen LogP contribution < -0.4 is 10.7 Å². The van der Waals surface area contributed by atoms with Gasteiger partial charge in [0.15, 0.2) is 11.5 Å². The molecule has 3 N–H and O–H groups in total. The van der Waals surface area contributed by atoms with Gasteiger partial charge in [-0.1, -0.05) is 48.5 Å². The maximum Gasteiger partial charge on any atom is 0.261 e. The first-order valence-electron chi connectivity index (χ1n) is 8.46. The largest absolute Gasteiger partial charge is 0.504 e. The number of carbonyl (C=O) groups excluding carboxylic acids is 1. The van der Waals surface area contributed by atoms with E-state index in [2.05, 4.69) is 5.32 Å². The summed E-state index contributed by atoms with van der Waals surface area (Å²) in [7, 11) is 0. The van der Waals surface area contributed by atoms with Crippen LogP contribution >= 0.6 is 0 Å². The standard InChI is InChI=1S/C22H19NO4/c1-14-11-19(24)21(26)20(25)13-17(14)22(27)23-18-10-6-5-9-16(18)12-15-7-3-2-4-8-15/h2-11,13H,12H2,1H3,(H,23,27)(H2,24,25,26). The van der Waals surface area contributed by atoms with E-state index < -0.39 is 22.8 Å². The first kappa shape index (κ1) is 18.2. The molecule has 0 aromatic heterocycles. The maximum atomic E-state index is 12.7. The Morgan fingerprint density at radius 3 is 2.30 bits per heavy atom. The number of hydrogen-bond acceptors (Lipinski definition) is 4. The molecule has 0 aliphatic rings. The fourth-order valence-corrected chi connectivity index (χ4v) is 2.84. The number of carbonyl (C=O) groups is 1. The number of anilines is 1. The highest BCUT2D eigenvalue weighted by atomic mass is 16.3. The van der Waals surface area contributed by atoms with Crippen molar-refractivity contribution in [1.82, 2.24) is 0 Å². The topological polar surface area (TPSA) is 86.6 Å². The lowest BCUT2D eigenvalue weighted by Crippen LogP contribution is -2.14. The molecule has 1 amide bonds. The zero-order valence-electron chi connectivity index (χ0n) is 14.8. The lowest BCUT2D eigenvalue weighted by Gasteiger charge is -2.12. The molecule has 0 aliphatic heterocycles. The van der Waals surface area contributed by atoms with Gasteiger partial charge in [-0.3, -0.25) is 9.59 Å². The van der Waals surface area contributed by atoms with Crippen molar-refractivity contribution in [2.24, 2.45) is 0 Å². The Labute approximate surface area is 156 Å². The molecule has 27 heavy (non-hydrogen) atoms. The summed E-state index contributed by atoms with van der Waals surface area (Å²) in [5.74, 6) is -1.75. The van der Waals surface area contributed by atoms with E-state index in [4.69, 9.17) is 0 Å². The molecule has 0 bridgehead atoms. The van der Waals surface area contributed by atoms with Gasteiger partial charge in [0.25, 0.3) is 11.3 Å². The number of para-hydroxylation sites is 1. The molecule has 3 aromatic carbocycles. The van der Waals surface area contributed by atoms with Crippen molar-refractivity contribution < 1.29 is 15.0 Å². The Hall–Kier alpha value is -3.60. The van der Waals surface area contributed by atoms with Gasteiger partial charge in [0.1, 0.15) is 0 Å². The number of amides is 1. The molecule has 0 atom stereocenters. The molecular formula is C22H19NO4. The second-order valence-corrected chi connectivity index (χ2v) is 6.26. The Kier molecular flexibility index (Phi) is 5.22. The van der Waals surface area contributed by atoms with Gasteiger partial charge < -0.3 is 15.5 Å². The zero-order valence-corrected chi connectivity index (χ0v) is 14.8. The summed E-state index contributed by atoms with van der Waals surface area (Å²) in [6, 6.07) is 19.6. The summed E-state index contributed by atoms with van der Waals surface area (Å²) >= 11 is 0. The number of hydrogen-bond donors (Lipinski definition) is 3. The van der Waals surface area contributed by atoms with Crippen LogP contribution in [0, 0.1) is 6.92 Å². The van der Waals surface area contributed by atoms with Crippen molar-refractivity contribution in [3.8, 4) is 11.5 Å². The van der Waals surface area contributed by atoms with Crippen LogP contribution in [0.4, 0.5) is 5.69 Å². The molecule has 0 radical (unpaired) electrons. The normalized spacial score (nSPS) is 10.4. The van der Waals surface area contributed by atoms with Crippen molar-refractivity contribution in [1.29, 1.82) is 0 Å². The van der Waals surface area contributed by atoms with Gasteiger partial charge in [0.2, 0.25) is 0 Å². The van der Waals surface area contributed by atoms with Gasteiger partial charge >= 0.3 is 0 Å². The van der Waals surface area contributed by atoms with Crippen molar-refractivity contribution in [3.05, 3.63) is 99.2 Å². The minimum absolute atomic E-state index is 0.111. The average molecular weight is 361 g/mol. The van der Waals surface area contributed by atoms with E-state index in [1.165, 1.54) is 6.07 Å². The van der Waals surface area contributed by atoms with E-state index in [0.717, 1.165) is 17.2 Å². The summed E-state index contributed by atoms with van der Waals surface area (Å²) in [6.07, 6.45) is 0.648. The molecule has 0 heterocycles. The Bertz CT molecular complexity index is 1050. The Balaban J connectivity index is 1.93. The average Bonchev–Trinajstić information content (AvgIpc) is 2.76. The highest BCUT2D eigenvalue weighted by Crippen LogP contribution is 2.22. The Morgan fingerprint density at radius 2 is 1.56 bits per heavy atom. The van der Waals surface area contributed by atoms with Crippen molar-refractivity contribution in [2.45, 2.75) is 13.3 Å². The molecule has 3 aromatic rings. The minimum Gasteiger partial charge on any atom is -0.504 e. The number of nitrogens with one attached hydrogen (secondary N) is 1. The quantitative estimate of drug-likeness (QED) is 0.662. The highest BCUT2D eigenvalue weighted by molar-refractivity contribution is 6.05. The molecular weight excluding hydrogens is 342 g/mol. The molecule has 0 fully saturated rings. The number of rotatable bonds is 4. The third-order valence-electron chi connectivity index (χ3n) is 4.27. The fraction of sp³-hybridized carbons (Fsp3) is 0.0909. The van der Waals surface area contributed by atoms with Crippen LogP contribution in [0.1, 0.15) is 27.0 Å². The van der Waals surface area contributed by atoms with Gasteiger partial charge in [-0.25, -0.2) is 0 Å². The fourth-order valence-electron chi connectivity index (χ4n) is 2.84. The number of aryl methyl sites for hydroxylation is 1. The smallest absolute Gasteiger partial charge is 0.261 e. The number of aromatic hydroxyl groups is 2. The first-order valence-corrected chi connectivity index (χ1v) is 8.46. The van der Waals surface area contributed by atoms with Gasteiger partial charge in [-0.15, -0.1) is 0 Å².